The first kappa shape index (κ1) is 33.7. The normalized spacial score (nSPS) is 14.7. The van der Waals surface area contributed by atoms with Crippen LogP contribution in [0.25, 0.3) is 0 Å². The van der Waals surface area contributed by atoms with Gasteiger partial charge in [0.05, 0.1) is 6.04 Å². The third kappa shape index (κ3) is 12.9. The lowest BCUT2D eigenvalue weighted by Gasteiger charge is -2.28. The fourth-order valence-corrected chi connectivity index (χ4v) is 4.18. The van der Waals surface area contributed by atoms with E-state index in [1.54, 1.807) is 36.0 Å². The Hall–Kier alpha value is -3.32. The molecule has 0 aliphatic heterocycles. The van der Waals surface area contributed by atoms with Crippen molar-refractivity contribution in [3.63, 3.8) is 0 Å². The Kier molecular flexibility index (Phi) is 15.6. The van der Waals surface area contributed by atoms with Crippen LogP contribution in [0.5, 0.6) is 0 Å². The molecule has 0 spiro atoms. The van der Waals surface area contributed by atoms with Crippen LogP contribution in [0, 0.1) is 5.92 Å². The van der Waals surface area contributed by atoms with Crippen molar-refractivity contribution < 1.29 is 24.3 Å². The summed E-state index contributed by atoms with van der Waals surface area (Å²) in [7, 11) is 0. The Morgan fingerprint density at radius 1 is 0.974 bits per heavy atom. The fraction of sp³-hybridized carbons (Fsp3) is 0.577. The molecule has 13 heteroatoms. The molecule has 0 radical (unpaired) electrons. The number of thioether (sulfide) groups is 1. The molecule has 12 nitrogen and oxygen atoms in total. The molecule has 3 amide bonds. The van der Waals surface area contributed by atoms with Gasteiger partial charge in [0.25, 0.3) is 0 Å². The predicted molar refractivity (Wildman–Crippen MR) is 154 cm³/mol. The van der Waals surface area contributed by atoms with Crippen molar-refractivity contribution in [1.29, 1.82) is 0 Å². The molecule has 1 aromatic carbocycles. The molecule has 0 bridgehead atoms. The molecule has 1 aromatic rings. The average Bonchev–Trinajstić information content (AvgIpc) is 2.90. The van der Waals surface area contributed by atoms with Crippen molar-refractivity contribution in [3.05, 3.63) is 35.9 Å². The van der Waals surface area contributed by atoms with Crippen molar-refractivity contribution in [2.75, 3.05) is 18.6 Å². The lowest BCUT2D eigenvalue weighted by atomic mass is 9.96. The Balaban J connectivity index is 3.09. The highest BCUT2D eigenvalue weighted by Crippen LogP contribution is 2.11. The van der Waals surface area contributed by atoms with Gasteiger partial charge in [0.15, 0.2) is 5.96 Å². The van der Waals surface area contributed by atoms with Crippen LogP contribution in [0.1, 0.15) is 45.1 Å². The van der Waals surface area contributed by atoms with Crippen LogP contribution in [-0.4, -0.2) is 77.5 Å². The predicted octanol–water partition coefficient (Wildman–Crippen LogP) is -0.0518. The summed E-state index contributed by atoms with van der Waals surface area (Å²) < 4.78 is 0. The Morgan fingerprint density at radius 2 is 1.62 bits per heavy atom. The first-order valence-electron chi connectivity index (χ1n) is 13.0. The van der Waals surface area contributed by atoms with E-state index in [1.165, 1.54) is 0 Å². The molecule has 0 heterocycles. The summed E-state index contributed by atoms with van der Waals surface area (Å²) >= 11 is 1.57. The highest BCUT2D eigenvalue weighted by atomic mass is 32.2. The third-order valence-corrected chi connectivity index (χ3v) is 6.88. The zero-order valence-electron chi connectivity index (χ0n) is 22.9. The van der Waals surface area contributed by atoms with Crippen LogP contribution in [0.4, 0.5) is 0 Å². The van der Waals surface area contributed by atoms with Gasteiger partial charge in [-0.2, -0.15) is 11.8 Å². The second-order valence-corrected chi connectivity index (χ2v) is 10.3. The summed E-state index contributed by atoms with van der Waals surface area (Å²) in [6.45, 7) is 3.92. The monoisotopic (exact) mass is 565 g/mol. The summed E-state index contributed by atoms with van der Waals surface area (Å²) in [5, 5.41) is 17.6. The standard InChI is InChI=1S/C26H43N7O5S/c1-4-16(2)21(33-22(34)18(27)12-14-39-3)24(36)32-20(15-17-9-6-5-7-10-17)23(35)31-19(25(37)38)11-8-13-30-26(28)29/h5-7,9-10,16,18-21H,4,8,11-15,27H2,1-3H3,(H,31,35)(H,32,36)(H,33,34)(H,37,38)(H4,28,29,30). The SMILES string of the molecule is CCC(C)C(NC(=O)C(N)CCSC)C(=O)NC(Cc1ccccc1)C(=O)NC(CCCN=C(N)N)C(=O)O. The first-order chi connectivity index (χ1) is 18.5. The van der Waals surface area contributed by atoms with Gasteiger partial charge in [0, 0.05) is 13.0 Å². The molecule has 0 saturated carbocycles. The number of nitrogens with one attached hydrogen (secondary N) is 3. The molecule has 0 aliphatic carbocycles. The molecular weight excluding hydrogens is 522 g/mol. The number of benzene rings is 1. The number of carbonyl (C=O) groups excluding carboxylic acids is 3. The largest absolute Gasteiger partial charge is 0.480 e. The maximum atomic E-state index is 13.4. The quantitative estimate of drug-likeness (QED) is 0.0720. The van der Waals surface area contributed by atoms with Crippen molar-refractivity contribution in [1.82, 2.24) is 16.0 Å². The van der Waals surface area contributed by atoms with Gasteiger partial charge >= 0.3 is 5.97 Å². The minimum Gasteiger partial charge on any atom is -0.480 e. The number of rotatable bonds is 18. The molecule has 0 fully saturated rings. The van der Waals surface area contributed by atoms with E-state index >= 15 is 0 Å². The number of hydrogen-bond acceptors (Lipinski definition) is 7. The summed E-state index contributed by atoms with van der Waals surface area (Å²) in [5.41, 5.74) is 17.4. The van der Waals surface area contributed by atoms with Crippen LogP contribution in [-0.2, 0) is 25.6 Å². The third-order valence-electron chi connectivity index (χ3n) is 6.24. The Bertz CT molecular complexity index is 959. The van der Waals surface area contributed by atoms with Gasteiger partial charge < -0.3 is 38.3 Å². The molecule has 0 aliphatic rings. The number of carboxylic acids is 1. The number of carboxylic acid groups (broad SMARTS) is 1. The van der Waals surface area contributed by atoms with Gasteiger partial charge in [-0.15, -0.1) is 0 Å². The van der Waals surface area contributed by atoms with Gasteiger partial charge in [0.1, 0.15) is 18.1 Å². The number of aliphatic imine (C=N–C) groups is 1. The van der Waals surface area contributed by atoms with Gasteiger partial charge in [0.2, 0.25) is 17.7 Å². The minimum atomic E-state index is -1.22. The van der Waals surface area contributed by atoms with Crippen molar-refractivity contribution in [2.45, 2.75) is 70.1 Å². The van der Waals surface area contributed by atoms with Gasteiger partial charge in [-0.05, 0) is 42.8 Å². The van der Waals surface area contributed by atoms with Crippen molar-refractivity contribution in [3.8, 4) is 0 Å². The molecule has 1 rings (SSSR count). The summed E-state index contributed by atoms with van der Waals surface area (Å²) in [4.78, 5) is 55.0. The zero-order chi connectivity index (χ0) is 29.4. The van der Waals surface area contributed by atoms with Gasteiger partial charge in [-0.3, -0.25) is 19.4 Å². The van der Waals surface area contributed by atoms with Gasteiger partial charge in [-0.1, -0.05) is 50.6 Å². The van der Waals surface area contributed by atoms with E-state index in [0.717, 1.165) is 5.56 Å². The van der Waals surface area contributed by atoms with Crippen LogP contribution in [0.2, 0.25) is 0 Å². The molecule has 5 atom stereocenters. The number of guanidine groups is 1. The van der Waals surface area contributed by atoms with E-state index in [0.29, 0.717) is 25.0 Å². The topological polar surface area (TPSA) is 215 Å². The zero-order valence-corrected chi connectivity index (χ0v) is 23.7. The van der Waals surface area contributed by atoms with Crippen LogP contribution in [0.3, 0.4) is 0 Å². The summed E-state index contributed by atoms with van der Waals surface area (Å²) in [5.74, 6) is -2.53. The smallest absolute Gasteiger partial charge is 0.326 e. The van der Waals surface area contributed by atoms with Crippen LogP contribution < -0.4 is 33.2 Å². The first-order valence-corrected chi connectivity index (χ1v) is 14.4. The number of carbonyl (C=O) groups is 4. The highest BCUT2D eigenvalue weighted by molar-refractivity contribution is 7.98. The minimum absolute atomic E-state index is 0.0866. The molecule has 218 valence electrons. The lowest BCUT2D eigenvalue weighted by molar-refractivity contribution is -0.142. The maximum Gasteiger partial charge on any atom is 0.326 e. The number of nitrogens with zero attached hydrogens (tertiary/aromatic N) is 1. The number of hydrogen-bond donors (Lipinski definition) is 7. The van der Waals surface area contributed by atoms with Crippen LogP contribution >= 0.6 is 11.8 Å². The van der Waals surface area contributed by atoms with E-state index in [2.05, 4.69) is 20.9 Å². The Labute approximate surface area is 234 Å². The van der Waals surface area contributed by atoms with E-state index in [9.17, 15) is 24.3 Å². The summed E-state index contributed by atoms with van der Waals surface area (Å²) in [6.07, 6.45) is 3.49. The average molecular weight is 566 g/mol. The van der Waals surface area contributed by atoms with Crippen molar-refractivity contribution >= 4 is 41.4 Å². The van der Waals surface area contributed by atoms with E-state index < -0.39 is 47.9 Å². The molecule has 0 saturated heterocycles. The van der Waals surface area contributed by atoms with Crippen LogP contribution in [0.15, 0.2) is 35.3 Å². The maximum absolute atomic E-state index is 13.4. The molecule has 0 aromatic heterocycles. The fourth-order valence-electron chi connectivity index (χ4n) is 3.69. The highest BCUT2D eigenvalue weighted by Gasteiger charge is 2.32. The summed E-state index contributed by atoms with van der Waals surface area (Å²) in [6, 6.07) is 5.03. The van der Waals surface area contributed by atoms with E-state index in [1.807, 2.05) is 26.2 Å². The molecule has 10 N–H and O–H groups in total. The molecule has 5 unspecified atom stereocenters. The van der Waals surface area contributed by atoms with E-state index in [4.69, 9.17) is 17.2 Å². The lowest BCUT2D eigenvalue weighted by Crippen LogP contribution is -2.59. The molecular formula is C26H43N7O5S. The number of nitrogens with two attached hydrogens (primary N) is 3. The van der Waals surface area contributed by atoms with Crippen molar-refractivity contribution in [2.24, 2.45) is 28.1 Å². The second-order valence-electron chi connectivity index (χ2n) is 9.36. The number of amides is 3. The Morgan fingerprint density at radius 3 is 2.18 bits per heavy atom. The number of aliphatic carboxylic acids is 1. The molecule has 39 heavy (non-hydrogen) atoms. The van der Waals surface area contributed by atoms with E-state index in [-0.39, 0.29) is 31.3 Å². The van der Waals surface area contributed by atoms with Gasteiger partial charge in [-0.25, -0.2) is 4.79 Å². The second kappa shape index (κ2) is 18.1.